The SMILES string of the molecule is Cn1c(-c2cccnc2)nc(CCC(=O)O)c1Br. The van der Waals surface area contributed by atoms with Crippen LogP contribution >= 0.6 is 15.9 Å². The normalized spacial score (nSPS) is 10.6. The van der Waals surface area contributed by atoms with Crippen LogP contribution in [0.1, 0.15) is 12.1 Å². The Kier molecular flexibility index (Phi) is 3.76. The third-order valence-corrected chi connectivity index (χ3v) is 3.58. The molecule has 0 aliphatic carbocycles. The van der Waals surface area contributed by atoms with Crippen LogP contribution in [0.25, 0.3) is 11.4 Å². The number of aliphatic carboxylic acids is 1. The summed E-state index contributed by atoms with van der Waals surface area (Å²) in [6, 6.07) is 3.76. The van der Waals surface area contributed by atoms with E-state index >= 15 is 0 Å². The van der Waals surface area contributed by atoms with Crippen LogP contribution in [-0.2, 0) is 18.3 Å². The van der Waals surface area contributed by atoms with Gasteiger partial charge in [-0.25, -0.2) is 4.98 Å². The Morgan fingerprint density at radius 2 is 2.33 bits per heavy atom. The van der Waals surface area contributed by atoms with Crippen molar-refractivity contribution in [3.8, 4) is 11.4 Å². The van der Waals surface area contributed by atoms with E-state index in [2.05, 4.69) is 25.9 Å². The number of aryl methyl sites for hydroxylation is 1. The second-order valence-corrected chi connectivity index (χ2v) is 4.62. The van der Waals surface area contributed by atoms with Gasteiger partial charge in [0, 0.05) is 31.4 Å². The van der Waals surface area contributed by atoms with Gasteiger partial charge in [-0.1, -0.05) is 0 Å². The van der Waals surface area contributed by atoms with Gasteiger partial charge in [-0.15, -0.1) is 0 Å². The number of imidazole rings is 1. The average Bonchev–Trinajstić information content (AvgIpc) is 2.65. The lowest BCUT2D eigenvalue weighted by molar-refractivity contribution is -0.136. The molecule has 0 aromatic carbocycles. The highest BCUT2D eigenvalue weighted by atomic mass is 79.9. The van der Waals surface area contributed by atoms with E-state index < -0.39 is 5.97 Å². The lowest BCUT2D eigenvalue weighted by Crippen LogP contribution is -1.98. The Hall–Kier alpha value is -1.69. The third-order valence-electron chi connectivity index (χ3n) is 2.59. The Morgan fingerprint density at radius 1 is 1.56 bits per heavy atom. The monoisotopic (exact) mass is 309 g/mol. The first-order chi connectivity index (χ1) is 8.59. The highest BCUT2D eigenvalue weighted by Gasteiger charge is 2.14. The number of hydrogen-bond donors (Lipinski definition) is 1. The van der Waals surface area contributed by atoms with Crippen molar-refractivity contribution < 1.29 is 9.90 Å². The number of nitrogens with zero attached hydrogens (tertiary/aromatic N) is 3. The smallest absolute Gasteiger partial charge is 0.303 e. The molecular formula is C12H12BrN3O2. The fourth-order valence-corrected chi connectivity index (χ4v) is 2.13. The first-order valence-electron chi connectivity index (χ1n) is 5.43. The first kappa shape index (κ1) is 12.8. The molecule has 2 aromatic heterocycles. The van der Waals surface area contributed by atoms with Gasteiger partial charge in [0.05, 0.1) is 12.1 Å². The lowest BCUT2D eigenvalue weighted by atomic mass is 10.2. The van der Waals surface area contributed by atoms with Gasteiger partial charge in [-0.2, -0.15) is 0 Å². The van der Waals surface area contributed by atoms with Gasteiger partial charge in [-0.05, 0) is 28.1 Å². The molecule has 94 valence electrons. The molecule has 0 spiro atoms. The summed E-state index contributed by atoms with van der Waals surface area (Å²) in [5.74, 6) is -0.0501. The van der Waals surface area contributed by atoms with Crippen LogP contribution in [0.4, 0.5) is 0 Å². The Balaban J connectivity index is 2.33. The van der Waals surface area contributed by atoms with Crippen molar-refractivity contribution in [1.82, 2.24) is 14.5 Å². The van der Waals surface area contributed by atoms with Crippen molar-refractivity contribution >= 4 is 21.9 Å². The second kappa shape index (κ2) is 5.30. The van der Waals surface area contributed by atoms with Gasteiger partial charge in [-0.3, -0.25) is 9.78 Å². The number of aromatic nitrogens is 3. The number of pyridine rings is 1. The summed E-state index contributed by atoms with van der Waals surface area (Å²) in [5, 5.41) is 8.70. The summed E-state index contributed by atoms with van der Waals surface area (Å²) >= 11 is 3.44. The molecule has 6 heteroatoms. The molecule has 2 aromatic rings. The van der Waals surface area contributed by atoms with Crippen molar-refractivity contribution in [1.29, 1.82) is 0 Å². The minimum absolute atomic E-state index is 0.0715. The molecule has 5 nitrogen and oxygen atoms in total. The van der Waals surface area contributed by atoms with E-state index in [9.17, 15) is 4.79 Å². The van der Waals surface area contributed by atoms with Crippen LogP contribution in [0.15, 0.2) is 29.1 Å². The standard InChI is InChI=1S/C12H12BrN3O2/c1-16-11(13)9(4-5-10(17)18)15-12(16)8-3-2-6-14-7-8/h2-3,6-7H,4-5H2,1H3,(H,17,18). The quantitative estimate of drug-likeness (QED) is 0.940. The van der Waals surface area contributed by atoms with Crippen molar-refractivity contribution in [3.63, 3.8) is 0 Å². The summed E-state index contributed by atoms with van der Waals surface area (Å²) in [6.07, 6.45) is 3.91. The van der Waals surface area contributed by atoms with Gasteiger partial charge in [0.1, 0.15) is 10.4 Å². The molecule has 0 unspecified atom stereocenters. The first-order valence-corrected chi connectivity index (χ1v) is 6.22. The predicted octanol–water partition coefficient (Wildman–Crippen LogP) is 2.26. The Bertz CT molecular complexity index is 566. The third kappa shape index (κ3) is 2.59. The topological polar surface area (TPSA) is 68.0 Å². The highest BCUT2D eigenvalue weighted by molar-refractivity contribution is 9.10. The number of carboxylic acid groups (broad SMARTS) is 1. The Morgan fingerprint density at radius 3 is 2.94 bits per heavy atom. The summed E-state index contributed by atoms with van der Waals surface area (Å²) in [7, 11) is 1.88. The molecule has 0 fully saturated rings. The second-order valence-electron chi connectivity index (χ2n) is 3.87. The fraction of sp³-hybridized carbons (Fsp3) is 0.250. The minimum atomic E-state index is -0.824. The van der Waals surface area contributed by atoms with Crippen LogP contribution in [0, 0.1) is 0 Å². The summed E-state index contributed by atoms with van der Waals surface area (Å²) in [6.45, 7) is 0. The maximum atomic E-state index is 10.6. The van der Waals surface area contributed by atoms with E-state index in [1.807, 2.05) is 23.7 Å². The number of carbonyl (C=O) groups is 1. The van der Waals surface area contributed by atoms with Crippen LogP contribution in [0.2, 0.25) is 0 Å². The van der Waals surface area contributed by atoms with E-state index in [1.54, 1.807) is 12.4 Å². The molecule has 0 radical (unpaired) electrons. The zero-order valence-corrected chi connectivity index (χ0v) is 11.4. The fourth-order valence-electron chi connectivity index (χ4n) is 1.67. The van der Waals surface area contributed by atoms with E-state index in [4.69, 9.17) is 5.11 Å². The van der Waals surface area contributed by atoms with E-state index in [0.29, 0.717) is 6.42 Å². The van der Waals surface area contributed by atoms with Crippen LogP contribution in [0.5, 0.6) is 0 Å². The van der Waals surface area contributed by atoms with Crippen molar-refractivity contribution in [2.45, 2.75) is 12.8 Å². The number of rotatable bonds is 4. The largest absolute Gasteiger partial charge is 0.481 e. The zero-order chi connectivity index (χ0) is 13.1. The van der Waals surface area contributed by atoms with Crippen LogP contribution in [-0.4, -0.2) is 25.6 Å². The molecule has 1 N–H and O–H groups in total. The van der Waals surface area contributed by atoms with Crippen molar-refractivity contribution in [3.05, 3.63) is 34.8 Å². The summed E-state index contributed by atoms with van der Waals surface area (Å²) in [5.41, 5.74) is 1.65. The molecular weight excluding hydrogens is 298 g/mol. The van der Waals surface area contributed by atoms with Gasteiger partial charge >= 0.3 is 5.97 Å². The summed E-state index contributed by atoms with van der Waals surface area (Å²) in [4.78, 5) is 19.1. The highest BCUT2D eigenvalue weighted by Crippen LogP contribution is 2.25. The van der Waals surface area contributed by atoms with Crippen molar-refractivity contribution in [2.24, 2.45) is 7.05 Å². The molecule has 0 saturated carbocycles. The minimum Gasteiger partial charge on any atom is -0.481 e. The zero-order valence-electron chi connectivity index (χ0n) is 9.80. The Labute approximate surface area is 113 Å². The molecule has 0 bridgehead atoms. The van der Waals surface area contributed by atoms with Crippen LogP contribution in [0.3, 0.4) is 0 Å². The molecule has 0 amide bonds. The van der Waals surface area contributed by atoms with E-state index in [1.165, 1.54) is 0 Å². The maximum Gasteiger partial charge on any atom is 0.303 e. The molecule has 0 atom stereocenters. The maximum absolute atomic E-state index is 10.6. The van der Waals surface area contributed by atoms with Gasteiger partial charge in [0.15, 0.2) is 0 Å². The predicted molar refractivity (Wildman–Crippen MR) is 70.1 cm³/mol. The molecule has 2 rings (SSSR count). The van der Waals surface area contributed by atoms with Gasteiger partial charge < -0.3 is 9.67 Å². The van der Waals surface area contributed by atoms with E-state index in [-0.39, 0.29) is 6.42 Å². The molecule has 0 aliphatic heterocycles. The van der Waals surface area contributed by atoms with Gasteiger partial charge in [0.2, 0.25) is 0 Å². The lowest BCUT2D eigenvalue weighted by Gasteiger charge is -2.00. The molecule has 0 saturated heterocycles. The molecule has 18 heavy (non-hydrogen) atoms. The van der Waals surface area contributed by atoms with Crippen LogP contribution < -0.4 is 0 Å². The van der Waals surface area contributed by atoms with Gasteiger partial charge in [0.25, 0.3) is 0 Å². The number of hydrogen-bond acceptors (Lipinski definition) is 3. The molecule has 0 aliphatic rings. The summed E-state index contributed by atoms with van der Waals surface area (Å²) < 4.78 is 2.69. The number of halogens is 1. The average molecular weight is 310 g/mol. The van der Waals surface area contributed by atoms with Crippen molar-refractivity contribution in [2.75, 3.05) is 0 Å². The van der Waals surface area contributed by atoms with E-state index in [0.717, 1.165) is 21.7 Å². The number of carboxylic acids is 1. The molecule has 2 heterocycles.